The Balaban J connectivity index is 0.000000310. The van der Waals surface area contributed by atoms with Gasteiger partial charge >= 0.3 is 12.1 Å². The van der Waals surface area contributed by atoms with Gasteiger partial charge in [0.15, 0.2) is 6.10 Å². The van der Waals surface area contributed by atoms with E-state index in [0.717, 1.165) is 16.7 Å². The second-order valence-electron chi connectivity index (χ2n) is 9.39. The average molecular weight is 612 g/mol. The molecule has 2 atom stereocenters. The molecule has 0 saturated carbocycles. The molecule has 1 fully saturated rings. The van der Waals surface area contributed by atoms with E-state index in [4.69, 9.17) is 25.5 Å². The molecule has 3 aromatic rings. The lowest BCUT2D eigenvalue weighted by molar-refractivity contribution is -0.153. The van der Waals surface area contributed by atoms with Gasteiger partial charge in [-0.15, -0.1) is 11.8 Å². The number of aryl methyl sites for hydroxylation is 1. The zero-order valence-corrected chi connectivity index (χ0v) is 24.1. The van der Waals surface area contributed by atoms with Crippen LogP contribution in [0.5, 0.6) is 0 Å². The van der Waals surface area contributed by atoms with Gasteiger partial charge in [-0.25, -0.2) is 9.59 Å². The Labute approximate surface area is 247 Å². The van der Waals surface area contributed by atoms with E-state index in [1.54, 1.807) is 12.1 Å². The molecule has 11 nitrogen and oxygen atoms in total. The molecule has 3 aromatic carbocycles. The molecular weight excluding hydrogens is 582 g/mol. The molecule has 0 aliphatic carbocycles. The summed E-state index contributed by atoms with van der Waals surface area (Å²) in [6.07, 6.45) is -1.65. The summed E-state index contributed by atoms with van der Waals surface area (Å²) in [6.45, 7) is 1.63. The number of hydrogen-bond donors (Lipinski definition) is 3. The molecule has 0 unspecified atom stereocenters. The number of carbonyl (C=O) groups excluding carboxylic acids is 3. The highest BCUT2D eigenvalue weighted by Gasteiger charge is 2.52. The van der Waals surface area contributed by atoms with Crippen molar-refractivity contribution < 1.29 is 36.8 Å². The third-order valence-corrected chi connectivity index (χ3v) is 8.65. The number of carbonyl (C=O) groups is 3. The van der Waals surface area contributed by atoms with Crippen LogP contribution in [0, 0.1) is 6.92 Å². The van der Waals surface area contributed by atoms with E-state index in [0.29, 0.717) is 11.3 Å². The maximum atomic E-state index is 13.4. The predicted octanol–water partition coefficient (Wildman–Crippen LogP) is 3.15. The molecule has 1 saturated heterocycles. The first-order chi connectivity index (χ1) is 20.0. The first kappa shape index (κ1) is 30.8. The summed E-state index contributed by atoms with van der Waals surface area (Å²) < 4.78 is 40.4. The molecule has 2 amide bonds. The monoisotopic (exact) mass is 611 g/mol. The Hall–Kier alpha value is -4.17. The van der Waals surface area contributed by atoms with Crippen LogP contribution in [0.2, 0.25) is 0 Å². The second kappa shape index (κ2) is 13.2. The van der Waals surface area contributed by atoms with E-state index in [2.05, 4.69) is 0 Å². The minimum absolute atomic E-state index is 0.0635. The van der Waals surface area contributed by atoms with Gasteiger partial charge in [-0.1, -0.05) is 78.4 Å². The molecule has 0 aromatic heterocycles. The Morgan fingerprint density at radius 3 is 2.05 bits per heavy atom. The van der Waals surface area contributed by atoms with Crippen LogP contribution in [0.25, 0.3) is 0 Å². The molecule has 2 aliphatic rings. The molecule has 5 N–H and O–H groups in total. The van der Waals surface area contributed by atoms with Gasteiger partial charge in [0, 0.05) is 11.3 Å². The lowest BCUT2D eigenvalue weighted by atomic mass is 10.0. The van der Waals surface area contributed by atoms with Gasteiger partial charge in [0.25, 0.3) is 10.1 Å². The molecule has 0 radical (unpaired) electrons. The van der Waals surface area contributed by atoms with Crippen molar-refractivity contribution in [3.8, 4) is 0 Å². The van der Waals surface area contributed by atoms with E-state index in [9.17, 15) is 22.8 Å². The van der Waals surface area contributed by atoms with Crippen LogP contribution < -0.4 is 11.5 Å². The van der Waals surface area contributed by atoms with Crippen molar-refractivity contribution in [3.63, 3.8) is 0 Å². The number of benzene rings is 3. The van der Waals surface area contributed by atoms with Crippen LogP contribution in [0.15, 0.2) is 101 Å². The van der Waals surface area contributed by atoms with Crippen LogP contribution in [0.1, 0.15) is 22.8 Å². The topological polar surface area (TPSA) is 179 Å². The summed E-state index contributed by atoms with van der Waals surface area (Å²) in [4.78, 5) is 38.1. The van der Waals surface area contributed by atoms with E-state index in [1.165, 1.54) is 28.8 Å². The highest BCUT2D eigenvalue weighted by molar-refractivity contribution is 8.00. The van der Waals surface area contributed by atoms with Crippen LogP contribution in [-0.2, 0) is 29.2 Å². The van der Waals surface area contributed by atoms with Crippen molar-refractivity contribution in [1.82, 2.24) is 4.90 Å². The minimum atomic E-state index is -4.02. The smallest absolute Gasteiger partial charge is 0.404 e. The third kappa shape index (κ3) is 7.18. The Kier molecular flexibility index (Phi) is 9.68. The predicted molar refractivity (Wildman–Crippen MR) is 155 cm³/mol. The maximum Gasteiger partial charge on any atom is 0.404 e. The summed E-state index contributed by atoms with van der Waals surface area (Å²) in [5, 5.41) is -0.362. The van der Waals surface area contributed by atoms with Crippen molar-refractivity contribution >= 4 is 39.8 Å². The Morgan fingerprint density at radius 2 is 1.55 bits per heavy atom. The number of nitrogens with zero attached hydrogens (tertiary/aromatic N) is 1. The van der Waals surface area contributed by atoms with E-state index in [-0.39, 0.29) is 28.5 Å². The fourth-order valence-corrected chi connectivity index (χ4v) is 6.05. The van der Waals surface area contributed by atoms with E-state index >= 15 is 0 Å². The van der Waals surface area contributed by atoms with Crippen molar-refractivity contribution in [2.45, 2.75) is 29.3 Å². The van der Waals surface area contributed by atoms with Gasteiger partial charge in [-0.2, -0.15) is 8.42 Å². The first-order valence-electron chi connectivity index (χ1n) is 12.7. The van der Waals surface area contributed by atoms with Crippen LogP contribution >= 0.6 is 11.8 Å². The lowest BCUT2D eigenvalue weighted by Gasteiger charge is -2.48. The van der Waals surface area contributed by atoms with Gasteiger partial charge in [0.1, 0.15) is 23.7 Å². The summed E-state index contributed by atoms with van der Waals surface area (Å²) in [5.41, 5.74) is 14.0. The number of nitrogens with two attached hydrogens (primary N) is 2. The lowest BCUT2D eigenvalue weighted by Crippen LogP contribution is -2.68. The first-order valence-corrected chi connectivity index (χ1v) is 15.2. The number of rotatable bonds is 7. The van der Waals surface area contributed by atoms with Gasteiger partial charge in [0.05, 0.1) is 4.90 Å². The van der Waals surface area contributed by atoms with Crippen molar-refractivity contribution in [2.75, 3.05) is 12.4 Å². The average Bonchev–Trinajstić information content (AvgIpc) is 2.98. The summed E-state index contributed by atoms with van der Waals surface area (Å²) in [6, 6.07) is 23.9. The number of esters is 1. The standard InChI is InChI=1S/C22H21N3O5S.C7H8O3S/c23-16-19(26)25-17(15(11-29-22(24)28)12-31-20(16)25)21(27)30-18(13-7-3-1-4-8-13)14-9-5-2-6-10-14;1-6-2-4-7(5-3-6)11(8,9)10/h1-10,16,18,20H,11-12,23H2,(H2,24,28);2-5H,1H3,(H,8,9,10)/t16-,20-;/m1./s1. The normalized spacial score (nSPS) is 17.9. The van der Waals surface area contributed by atoms with Crippen molar-refractivity contribution in [3.05, 3.63) is 113 Å². The van der Waals surface area contributed by atoms with E-state index < -0.39 is 34.3 Å². The number of fused-ring (bicyclic) bond motifs is 1. The molecule has 0 bridgehead atoms. The quantitative estimate of drug-likeness (QED) is 0.204. The summed E-state index contributed by atoms with van der Waals surface area (Å²) >= 11 is 1.40. The summed E-state index contributed by atoms with van der Waals surface area (Å²) in [5.74, 6) is -0.704. The van der Waals surface area contributed by atoms with Crippen LogP contribution in [0.4, 0.5) is 4.79 Å². The fraction of sp³-hybridized carbons (Fsp3) is 0.207. The number of primary amides is 1. The zero-order chi connectivity index (χ0) is 30.4. The summed E-state index contributed by atoms with van der Waals surface area (Å²) in [7, 11) is -4.02. The van der Waals surface area contributed by atoms with Gasteiger partial charge in [-0.3, -0.25) is 14.2 Å². The molecule has 220 valence electrons. The molecule has 5 rings (SSSR count). The Morgan fingerprint density at radius 1 is 1.00 bits per heavy atom. The van der Waals surface area contributed by atoms with Crippen LogP contribution in [0.3, 0.4) is 0 Å². The zero-order valence-electron chi connectivity index (χ0n) is 22.5. The van der Waals surface area contributed by atoms with Crippen LogP contribution in [-0.4, -0.2) is 59.6 Å². The third-order valence-electron chi connectivity index (χ3n) is 6.42. The number of amides is 2. The van der Waals surface area contributed by atoms with E-state index in [1.807, 2.05) is 67.6 Å². The van der Waals surface area contributed by atoms with Gasteiger partial charge < -0.3 is 20.9 Å². The SMILES string of the molecule is Cc1ccc(S(=O)(=O)O)cc1.NC(=O)OCC1=C(C(=O)OC(c2ccccc2)c2ccccc2)N2C(=O)[C@@H](N)[C@H]2SC1. The number of thioether (sulfide) groups is 1. The fourth-order valence-electron chi connectivity index (χ4n) is 4.30. The van der Waals surface area contributed by atoms with Crippen molar-refractivity contribution in [2.24, 2.45) is 11.5 Å². The minimum Gasteiger partial charge on any atom is -0.448 e. The molecule has 2 aliphatic heterocycles. The molecule has 0 spiro atoms. The largest absolute Gasteiger partial charge is 0.448 e. The number of β-lactam (4-membered cyclic amide) rings is 1. The maximum absolute atomic E-state index is 13.4. The van der Waals surface area contributed by atoms with Crippen molar-refractivity contribution in [1.29, 1.82) is 0 Å². The van der Waals surface area contributed by atoms with Gasteiger partial charge in [-0.05, 0) is 30.2 Å². The molecule has 42 heavy (non-hydrogen) atoms. The molecular formula is C29H29N3O8S2. The molecule has 2 heterocycles. The highest BCUT2D eigenvalue weighted by atomic mass is 32.2. The molecule has 13 heteroatoms. The number of ether oxygens (including phenoxy) is 2. The Bertz CT molecular complexity index is 1540. The number of hydrogen-bond acceptors (Lipinski definition) is 9. The van der Waals surface area contributed by atoms with Gasteiger partial charge in [0.2, 0.25) is 5.91 Å². The highest BCUT2D eigenvalue weighted by Crippen LogP contribution is 2.40. The second-order valence-corrected chi connectivity index (χ2v) is 11.9.